The molecule has 3 heterocycles. The van der Waals surface area contributed by atoms with Gasteiger partial charge in [-0.15, -0.1) is 0 Å². The average molecular weight is 890 g/mol. The number of oxazole rings is 1. The van der Waals surface area contributed by atoms with Crippen LogP contribution in [0.2, 0.25) is 0 Å². The molecule has 0 fully saturated rings. The van der Waals surface area contributed by atoms with Crippen molar-refractivity contribution in [3.05, 3.63) is 152 Å². The number of ether oxygens (including phenoxy) is 1. The molecule has 0 amide bonds. The van der Waals surface area contributed by atoms with E-state index in [1.54, 1.807) is 0 Å². The van der Waals surface area contributed by atoms with Crippen molar-refractivity contribution in [3.8, 4) is 11.5 Å². The summed E-state index contributed by atoms with van der Waals surface area (Å²) in [5, 5.41) is 0. The van der Waals surface area contributed by atoms with Crippen LogP contribution in [0.5, 0.6) is 11.5 Å². The summed E-state index contributed by atoms with van der Waals surface area (Å²) < 4.78 is 15.3. The van der Waals surface area contributed by atoms with Gasteiger partial charge in [0, 0.05) is 21.1 Å². The van der Waals surface area contributed by atoms with Gasteiger partial charge in [0.1, 0.15) is 0 Å². The minimum atomic E-state index is -0.643. The third-order valence-electron chi connectivity index (χ3n) is 7.78. The standard InChI is InChI=1S/C38H23N4O2Te.Pt/c1-2-11-26(12-3-1)40-25-41(32-17-6-5-16-31(32)40)27-13-10-14-28(23-27)43-29-21-22-37-34(24-29)42(33-18-7-9-20-36(33)45-37)38-39-30-15-4-8-19-35(30)44-38;/h1-22,25H;/q-3;. The van der Waals surface area contributed by atoms with Crippen LogP contribution in [-0.2, 0) is 21.1 Å². The van der Waals surface area contributed by atoms with Crippen LogP contribution < -0.4 is 26.7 Å². The van der Waals surface area contributed by atoms with E-state index >= 15 is 0 Å². The van der Waals surface area contributed by atoms with E-state index < -0.39 is 20.9 Å². The van der Waals surface area contributed by atoms with Crippen LogP contribution in [0.3, 0.4) is 0 Å². The first kappa shape index (κ1) is 28.9. The predicted octanol–water partition coefficient (Wildman–Crippen LogP) is 8.07. The molecule has 0 radical (unpaired) electrons. The van der Waals surface area contributed by atoms with Crippen molar-refractivity contribution in [3.63, 3.8) is 0 Å². The van der Waals surface area contributed by atoms with E-state index in [0.29, 0.717) is 17.5 Å². The summed E-state index contributed by atoms with van der Waals surface area (Å²) in [6, 6.07) is 52.7. The number of para-hydroxylation sites is 6. The van der Waals surface area contributed by atoms with Gasteiger partial charge in [-0.3, -0.25) is 0 Å². The first-order chi connectivity index (χ1) is 22.3. The van der Waals surface area contributed by atoms with Crippen molar-refractivity contribution in [2.24, 2.45) is 0 Å². The Labute approximate surface area is 291 Å². The molecule has 0 atom stereocenters. The van der Waals surface area contributed by atoms with Gasteiger partial charge in [-0.1, -0.05) is 24.3 Å². The zero-order valence-electron chi connectivity index (χ0n) is 24.1. The topological polar surface area (TPSA) is 45.0 Å². The quantitative estimate of drug-likeness (QED) is 0.129. The normalized spacial score (nSPS) is 13.2. The monoisotopic (exact) mass is 892 g/mol. The number of aromatic nitrogens is 1. The van der Waals surface area contributed by atoms with Crippen LogP contribution in [0.1, 0.15) is 0 Å². The van der Waals surface area contributed by atoms with Gasteiger partial charge in [-0.2, -0.15) is 0 Å². The second kappa shape index (κ2) is 12.0. The Balaban J connectivity index is 0.00000312. The first-order valence-electron chi connectivity index (χ1n) is 14.6. The number of hydrogen-bond acceptors (Lipinski definition) is 6. The van der Waals surface area contributed by atoms with E-state index in [1.807, 2.05) is 54.6 Å². The van der Waals surface area contributed by atoms with Crippen LogP contribution in [0.15, 0.2) is 138 Å². The minimum absolute atomic E-state index is 0. The number of nitrogens with zero attached hydrogens (tertiary/aromatic N) is 4. The molecule has 0 saturated carbocycles. The van der Waals surface area contributed by atoms with Crippen molar-refractivity contribution in [2.75, 3.05) is 14.7 Å². The third kappa shape index (κ3) is 5.06. The van der Waals surface area contributed by atoms with Crippen molar-refractivity contribution in [1.82, 2.24) is 4.98 Å². The van der Waals surface area contributed by atoms with Crippen LogP contribution in [0.4, 0.5) is 40.1 Å². The van der Waals surface area contributed by atoms with Crippen molar-refractivity contribution in [2.45, 2.75) is 0 Å². The molecular weight excluding hydrogens is 867 g/mol. The molecule has 226 valence electrons. The summed E-state index contributed by atoms with van der Waals surface area (Å²) in [7, 11) is 0. The number of fused-ring (bicyclic) bond motifs is 4. The molecule has 46 heavy (non-hydrogen) atoms. The van der Waals surface area contributed by atoms with E-state index in [0.717, 1.165) is 45.2 Å². The number of rotatable bonds is 5. The summed E-state index contributed by atoms with van der Waals surface area (Å²) in [6.45, 7) is 2.10. The molecule has 0 bridgehead atoms. The molecule has 2 aliphatic heterocycles. The van der Waals surface area contributed by atoms with Gasteiger partial charge < -0.3 is 0 Å². The molecule has 0 saturated heterocycles. The fraction of sp³-hybridized carbons (Fsp3) is 0. The maximum absolute atomic E-state index is 6.45. The van der Waals surface area contributed by atoms with Crippen LogP contribution in [-0.4, -0.2) is 25.9 Å². The van der Waals surface area contributed by atoms with Crippen LogP contribution in [0.25, 0.3) is 11.1 Å². The van der Waals surface area contributed by atoms with Crippen molar-refractivity contribution < 1.29 is 30.2 Å². The molecule has 8 heteroatoms. The maximum atomic E-state index is 6.45. The molecule has 2 aliphatic rings. The number of hydrogen-bond donors (Lipinski definition) is 0. The van der Waals surface area contributed by atoms with E-state index in [4.69, 9.17) is 14.1 Å². The van der Waals surface area contributed by atoms with Gasteiger partial charge in [-0.25, -0.2) is 0 Å². The Morgan fingerprint density at radius 1 is 0.630 bits per heavy atom. The number of benzene rings is 6. The number of anilines is 7. The molecule has 6 aromatic carbocycles. The Kier molecular flexibility index (Phi) is 7.54. The Morgan fingerprint density at radius 3 is 2.20 bits per heavy atom. The predicted molar refractivity (Wildman–Crippen MR) is 179 cm³/mol. The van der Waals surface area contributed by atoms with Gasteiger partial charge in [0.15, 0.2) is 0 Å². The second-order valence-corrected chi connectivity index (χ2v) is 13.7. The fourth-order valence-corrected chi connectivity index (χ4v) is 8.65. The van der Waals surface area contributed by atoms with Crippen molar-refractivity contribution in [1.29, 1.82) is 0 Å². The van der Waals surface area contributed by atoms with Crippen LogP contribution in [0, 0.1) is 18.8 Å². The molecule has 9 rings (SSSR count). The molecule has 1 aromatic heterocycles. The SMILES string of the molecule is [Pt].[c-]1c(Oc2[c-]c3c(cc2)[Te]c2ccccc2N3c2nc3ccccc3o2)cccc1N1[CH-]N(c2ccccc2)c2ccccc21. The zero-order valence-corrected chi connectivity index (χ0v) is 28.7. The van der Waals surface area contributed by atoms with Gasteiger partial charge in [0.25, 0.3) is 0 Å². The zero-order chi connectivity index (χ0) is 29.7. The van der Waals surface area contributed by atoms with Crippen LogP contribution >= 0.6 is 0 Å². The Bertz CT molecular complexity index is 2170. The summed E-state index contributed by atoms with van der Waals surface area (Å²) >= 11 is -0.643. The Morgan fingerprint density at radius 2 is 1.35 bits per heavy atom. The average Bonchev–Trinajstić information content (AvgIpc) is 3.70. The summed E-state index contributed by atoms with van der Waals surface area (Å²) in [5.41, 5.74) is 7.71. The second-order valence-electron chi connectivity index (χ2n) is 10.6. The third-order valence-corrected chi connectivity index (χ3v) is 11.0. The molecule has 0 unspecified atom stereocenters. The molecule has 6 nitrogen and oxygen atoms in total. The molecular formula is C38H23N4O2PtTe-3. The fourth-order valence-electron chi connectivity index (χ4n) is 5.73. The Hall–Kier alpha value is -4.53. The van der Waals surface area contributed by atoms with E-state index in [9.17, 15) is 0 Å². The first-order valence-corrected chi connectivity index (χ1v) is 16.9. The van der Waals surface area contributed by atoms with E-state index in [1.165, 1.54) is 7.22 Å². The summed E-state index contributed by atoms with van der Waals surface area (Å²) in [5.74, 6) is 1.21. The van der Waals surface area contributed by atoms with Gasteiger partial charge in [0.05, 0.1) is 0 Å². The summed E-state index contributed by atoms with van der Waals surface area (Å²) in [6.07, 6.45) is 0. The van der Waals surface area contributed by atoms with Gasteiger partial charge in [-0.05, 0) is 12.1 Å². The van der Waals surface area contributed by atoms with Crippen molar-refractivity contribution >= 4 is 79.4 Å². The molecule has 0 spiro atoms. The van der Waals surface area contributed by atoms with Gasteiger partial charge in [0.2, 0.25) is 0 Å². The van der Waals surface area contributed by atoms with Gasteiger partial charge >= 0.3 is 236 Å². The van der Waals surface area contributed by atoms with E-state index in [2.05, 4.69) is 112 Å². The van der Waals surface area contributed by atoms with E-state index in [-0.39, 0.29) is 21.1 Å². The molecule has 7 aromatic rings. The molecule has 0 N–H and O–H groups in total. The summed E-state index contributed by atoms with van der Waals surface area (Å²) in [4.78, 5) is 11.2. The molecule has 0 aliphatic carbocycles.